The maximum absolute atomic E-state index is 13.5. The molecule has 0 saturated carbocycles. The van der Waals surface area contributed by atoms with Gasteiger partial charge in [-0.1, -0.05) is 30.3 Å². The lowest BCUT2D eigenvalue weighted by Crippen LogP contribution is -2.57. The maximum Gasteiger partial charge on any atom is 0.330 e. The lowest BCUT2D eigenvalue weighted by Gasteiger charge is -2.38. The van der Waals surface area contributed by atoms with Crippen LogP contribution in [0.15, 0.2) is 58.3 Å². The number of aliphatic hydroxyl groups excluding tert-OH is 1. The molecular weight excluding hydrogens is 674 g/mol. The van der Waals surface area contributed by atoms with Crippen LogP contribution in [0.1, 0.15) is 71.3 Å². The number of ether oxygens (including phenoxy) is 1. The van der Waals surface area contributed by atoms with Gasteiger partial charge in [0.15, 0.2) is 0 Å². The van der Waals surface area contributed by atoms with Gasteiger partial charge in [0.1, 0.15) is 5.56 Å². The van der Waals surface area contributed by atoms with Crippen LogP contribution in [-0.2, 0) is 20.0 Å². The number of aryl methyl sites for hydroxylation is 1. The third kappa shape index (κ3) is 6.75. The number of benzene rings is 2. The van der Waals surface area contributed by atoms with E-state index in [0.717, 1.165) is 82.3 Å². The number of urea groups is 1. The van der Waals surface area contributed by atoms with Gasteiger partial charge in [0.25, 0.3) is 11.5 Å². The minimum absolute atomic E-state index is 0.0544. The van der Waals surface area contributed by atoms with Crippen LogP contribution in [0.2, 0.25) is 0 Å². The van der Waals surface area contributed by atoms with Crippen molar-refractivity contribution in [2.75, 3.05) is 25.5 Å². The molecule has 1 aliphatic carbocycles. The highest BCUT2D eigenvalue weighted by Crippen LogP contribution is 2.46. The fourth-order valence-corrected chi connectivity index (χ4v) is 8.52. The van der Waals surface area contributed by atoms with Crippen molar-refractivity contribution in [1.82, 2.24) is 29.7 Å². The molecule has 3 amide bonds. The average molecular weight is 722 g/mol. The largest absolute Gasteiger partial charge is 0.481 e. The van der Waals surface area contributed by atoms with Gasteiger partial charge >= 0.3 is 11.7 Å². The van der Waals surface area contributed by atoms with Crippen molar-refractivity contribution in [3.05, 3.63) is 97.3 Å². The van der Waals surface area contributed by atoms with Gasteiger partial charge < -0.3 is 25.8 Å². The SMILES string of the molecule is COc1nc(-c2cccc(-c3cccc(NC(=O)c4cn(C[C@H](C)O)c(=O)n(C)c4=O)c3C)c2C)cc2c1C(N1CCCC1[C@@H]1CCNC(=O)N1)CC2. The summed E-state index contributed by atoms with van der Waals surface area (Å²) in [5, 5.41) is 18.8. The molecule has 4 aromatic rings. The summed E-state index contributed by atoms with van der Waals surface area (Å²) in [5.41, 5.74) is 6.88. The van der Waals surface area contributed by atoms with E-state index < -0.39 is 23.3 Å². The molecule has 2 fully saturated rings. The minimum Gasteiger partial charge on any atom is -0.481 e. The van der Waals surface area contributed by atoms with Crippen LogP contribution in [0.4, 0.5) is 10.5 Å². The van der Waals surface area contributed by atoms with E-state index >= 15 is 0 Å². The minimum atomic E-state index is -0.845. The number of amides is 3. The third-order valence-electron chi connectivity index (χ3n) is 11.1. The number of pyridine rings is 1. The fourth-order valence-electron chi connectivity index (χ4n) is 8.52. The van der Waals surface area contributed by atoms with E-state index in [1.165, 1.54) is 30.3 Å². The molecule has 2 saturated heterocycles. The van der Waals surface area contributed by atoms with E-state index in [9.17, 15) is 24.3 Å². The summed E-state index contributed by atoms with van der Waals surface area (Å²) in [6.45, 7) is 7.13. The number of nitrogens with zero attached hydrogens (tertiary/aromatic N) is 4. The zero-order valence-corrected chi connectivity index (χ0v) is 30.9. The normalized spacial score (nSPS) is 20.4. The van der Waals surface area contributed by atoms with E-state index in [1.807, 2.05) is 31.2 Å². The van der Waals surface area contributed by atoms with Gasteiger partial charge in [0, 0.05) is 54.7 Å². The zero-order valence-electron chi connectivity index (χ0n) is 30.9. The van der Waals surface area contributed by atoms with E-state index in [4.69, 9.17) is 9.72 Å². The number of hydrogen-bond acceptors (Lipinski definition) is 8. The Balaban J connectivity index is 1.18. The van der Waals surface area contributed by atoms with Gasteiger partial charge in [-0.25, -0.2) is 14.6 Å². The van der Waals surface area contributed by atoms with Crippen LogP contribution in [0, 0.1) is 13.8 Å². The first-order chi connectivity index (χ1) is 25.5. The second kappa shape index (κ2) is 14.6. The summed E-state index contributed by atoms with van der Waals surface area (Å²) < 4.78 is 8.04. The molecule has 53 heavy (non-hydrogen) atoms. The molecule has 13 heteroatoms. The second-order valence-electron chi connectivity index (χ2n) is 14.5. The summed E-state index contributed by atoms with van der Waals surface area (Å²) in [6.07, 6.45) is 5.30. The molecule has 2 aliphatic heterocycles. The molecule has 278 valence electrons. The van der Waals surface area contributed by atoms with Gasteiger partial charge in [-0.15, -0.1) is 0 Å². The summed E-state index contributed by atoms with van der Waals surface area (Å²) >= 11 is 0. The molecule has 0 bridgehead atoms. The Morgan fingerprint density at radius 1 is 1.06 bits per heavy atom. The first kappa shape index (κ1) is 36.1. The molecule has 4 atom stereocenters. The Bertz CT molecular complexity index is 2210. The summed E-state index contributed by atoms with van der Waals surface area (Å²) in [6, 6.07) is 14.4. The first-order valence-corrected chi connectivity index (χ1v) is 18.3. The summed E-state index contributed by atoms with van der Waals surface area (Å²) in [7, 11) is 2.99. The molecular formula is C40H47N7O6. The lowest BCUT2D eigenvalue weighted by molar-refractivity contribution is 0.102. The highest BCUT2D eigenvalue weighted by atomic mass is 16.5. The maximum atomic E-state index is 13.5. The van der Waals surface area contributed by atoms with Crippen molar-refractivity contribution in [3.63, 3.8) is 0 Å². The number of nitrogens with one attached hydrogen (secondary N) is 3. The van der Waals surface area contributed by atoms with Crippen LogP contribution in [0.25, 0.3) is 22.4 Å². The van der Waals surface area contributed by atoms with E-state index in [-0.39, 0.29) is 36.3 Å². The smallest absolute Gasteiger partial charge is 0.330 e. The number of aromatic nitrogens is 3. The molecule has 2 aromatic heterocycles. The first-order valence-electron chi connectivity index (χ1n) is 18.3. The van der Waals surface area contributed by atoms with Crippen LogP contribution >= 0.6 is 0 Å². The quantitative estimate of drug-likeness (QED) is 0.202. The molecule has 2 aromatic carbocycles. The number of likely N-dealkylation sites (tertiary alicyclic amines) is 1. The van der Waals surface area contributed by atoms with E-state index in [0.29, 0.717) is 18.1 Å². The van der Waals surface area contributed by atoms with Crippen molar-refractivity contribution >= 4 is 17.6 Å². The van der Waals surface area contributed by atoms with Crippen molar-refractivity contribution in [2.24, 2.45) is 7.05 Å². The Morgan fingerprint density at radius 3 is 2.53 bits per heavy atom. The van der Waals surface area contributed by atoms with Crippen molar-refractivity contribution in [2.45, 2.75) is 83.6 Å². The van der Waals surface area contributed by atoms with Crippen LogP contribution in [-0.4, -0.2) is 74.4 Å². The van der Waals surface area contributed by atoms with Crippen LogP contribution < -0.4 is 31.9 Å². The van der Waals surface area contributed by atoms with Crippen molar-refractivity contribution in [1.29, 1.82) is 0 Å². The fraction of sp³-hybridized carbons (Fsp3) is 0.425. The van der Waals surface area contributed by atoms with E-state index in [2.05, 4.69) is 39.9 Å². The second-order valence-corrected chi connectivity index (χ2v) is 14.5. The average Bonchev–Trinajstić information content (AvgIpc) is 3.80. The van der Waals surface area contributed by atoms with Crippen LogP contribution in [0.5, 0.6) is 5.88 Å². The molecule has 2 unspecified atom stereocenters. The Kier molecular flexibility index (Phi) is 9.97. The molecule has 7 rings (SSSR count). The Hall–Kier alpha value is -5.27. The number of hydrogen-bond donors (Lipinski definition) is 4. The predicted octanol–water partition coefficient (Wildman–Crippen LogP) is 4.06. The monoisotopic (exact) mass is 721 g/mol. The number of aliphatic hydroxyl groups is 1. The van der Waals surface area contributed by atoms with Gasteiger partial charge in [-0.2, -0.15) is 0 Å². The number of anilines is 1. The highest BCUT2D eigenvalue weighted by Gasteiger charge is 2.42. The highest BCUT2D eigenvalue weighted by molar-refractivity contribution is 6.04. The van der Waals surface area contributed by atoms with Crippen molar-refractivity contribution < 1.29 is 19.4 Å². The third-order valence-corrected chi connectivity index (χ3v) is 11.1. The van der Waals surface area contributed by atoms with Gasteiger partial charge in [0.2, 0.25) is 5.88 Å². The number of methoxy groups -OCH3 is 1. The zero-order chi connectivity index (χ0) is 37.6. The van der Waals surface area contributed by atoms with E-state index in [1.54, 1.807) is 13.2 Å². The summed E-state index contributed by atoms with van der Waals surface area (Å²) in [4.78, 5) is 58.8. The van der Waals surface area contributed by atoms with Gasteiger partial charge in [-0.3, -0.25) is 23.6 Å². The standard InChI is InChI=1S/C40H47N7O6/c1-22(48)20-46-21-29(38(50)45(4)40(46)52)36(49)42-30-12-7-10-27(24(30)3)26-9-6-11-28(23(26)2)32-19-25-14-15-34(35(25)37(43-32)53-5)47-18-8-13-33(47)31-16-17-41-39(51)44-31/h6-7,9-12,19,21-22,31,33-34,48H,8,13-18,20H2,1-5H3,(H,42,49)(H2,41,44,51)/t22-,31-,33?,34?/m0/s1. The summed E-state index contributed by atoms with van der Waals surface area (Å²) in [5.74, 6) is -0.0132. The molecule has 0 radical (unpaired) electrons. The molecule has 3 aliphatic rings. The number of rotatable bonds is 9. The van der Waals surface area contributed by atoms with Gasteiger partial charge in [-0.05, 0) is 99.4 Å². The topological polar surface area (TPSA) is 160 Å². The molecule has 13 nitrogen and oxygen atoms in total. The van der Waals surface area contributed by atoms with Crippen LogP contribution in [0.3, 0.4) is 0 Å². The molecule has 0 spiro atoms. The van der Waals surface area contributed by atoms with Gasteiger partial charge in [0.05, 0.1) is 25.5 Å². The number of carbonyl (C=O) groups is 2. The predicted molar refractivity (Wildman–Crippen MR) is 202 cm³/mol. The number of fused-ring (bicyclic) bond motifs is 1. The Morgan fingerprint density at radius 2 is 1.79 bits per heavy atom. The number of carbonyl (C=O) groups excluding carboxylic acids is 2. The Labute approximate surface area is 308 Å². The van der Waals surface area contributed by atoms with Crippen molar-refractivity contribution in [3.8, 4) is 28.3 Å². The lowest BCUT2D eigenvalue weighted by atomic mass is 9.91. The molecule has 4 heterocycles. The molecule has 4 N–H and O–H groups in total.